The summed E-state index contributed by atoms with van der Waals surface area (Å²) in [6.07, 6.45) is 0.750. The van der Waals surface area contributed by atoms with Crippen LogP contribution < -0.4 is 0 Å². The van der Waals surface area contributed by atoms with E-state index in [1.165, 1.54) is 4.90 Å². The molecule has 0 aromatic heterocycles. The highest BCUT2D eigenvalue weighted by Crippen LogP contribution is 1.76. The molecule has 0 bridgehead atoms. The SMILES string of the molecule is CN(C)C=O.COC.OCCOCCOCCO. The Bertz CT molecular complexity index is 127. The van der Waals surface area contributed by atoms with E-state index in [1.54, 1.807) is 28.3 Å². The van der Waals surface area contributed by atoms with E-state index in [0.29, 0.717) is 26.4 Å². The first kappa shape index (κ1) is 22.5. The number of aliphatic hydroxyl groups is 2. The zero-order valence-corrected chi connectivity index (χ0v) is 11.8. The van der Waals surface area contributed by atoms with Crippen LogP contribution in [0.1, 0.15) is 0 Å². The van der Waals surface area contributed by atoms with Gasteiger partial charge in [0.05, 0.1) is 39.6 Å². The number of carbonyl (C=O) groups is 1. The van der Waals surface area contributed by atoms with Gasteiger partial charge in [-0.15, -0.1) is 0 Å². The van der Waals surface area contributed by atoms with E-state index in [4.69, 9.17) is 19.7 Å². The summed E-state index contributed by atoms with van der Waals surface area (Å²) in [5.41, 5.74) is 0. The molecule has 0 aliphatic rings. The van der Waals surface area contributed by atoms with Gasteiger partial charge in [0, 0.05) is 28.3 Å². The number of hydrogen-bond donors (Lipinski definition) is 2. The summed E-state index contributed by atoms with van der Waals surface area (Å²) >= 11 is 0. The molecule has 0 saturated carbocycles. The molecule has 7 nitrogen and oxygen atoms in total. The van der Waals surface area contributed by atoms with Crippen molar-refractivity contribution in [1.82, 2.24) is 4.90 Å². The zero-order valence-electron chi connectivity index (χ0n) is 11.8. The first-order valence-electron chi connectivity index (χ1n) is 5.49. The Morgan fingerprint density at radius 1 is 0.944 bits per heavy atom. The second-order valence-electron chi connectivity index (χ2n) is 3.15. The largest absolute Gasteiger partial charge is 0.394 e. The summed E-state index contributed by atoms with van der Waals surface area (Å²) in [4.78, 5) is 10.9. The smallest absolute Gasteiger partial charge is 0.209 e. The highest BCUT2D eigenvalue weighted by atomic mass is 16.5. The van der Waals surface area contributed by atoms with Gasteiger partial charge in [0.15, 0.2) is 0 Å². The predicted molar refractivity (Wildman–Crippen MR) is 68.5 cm³/mol. The van der Waals surface area contributed by atoms with E-state index in [2.05, 4.69) is 4.74 Å². The Morgan fingerprint density at radius 2 is 1.22 bits per heavy atom. The van der Waals surface area contributed by atoms with E-state index in [9.17, 15) is 4.79 Å². The van der Waals surface area contributed by atoms with Crippen molar-refractivity contribution in [3.05, 3.63) is 0 Å². The third kappa shape index (κ3) is 45.5. The standard InChI is InChI=1S/C6H14O4.C3H7NO.C2H6O/c7-1-3-9-5-6-10-4-2-8;1-4(2)3-5;1-3-2/h7-8H,1-6H2;3H,1-2H3;1-2H3. The molecule has 0 spiro atoms. The summed E-state index contributed by atoms with van der Waals surface area (Å²) in [6.45, 7) is 1.73. The van der Waals surface area contributed by atoms with Crippen molar-refractivity contribution < 1.29 is 29.2 Å². The lowest BCUT2D eigenvalue weighted by Crippen LogP contribution is -2.09. The number of rotatable bonds is 8. The van der Waals surface area contributed by atoms with Gasteiger partial charge in [-0.3, -0.25) is 4.79 Å². The molecule has 0 fully saturated rings. The van der Waals surface area contributed by atoms with Gasteiger partial charge in [-0.05, 0) is 0 Å². The van der Waals surface area contributed by atoms with Crippen LogP contribution in [-0.4, -0.2) is 89.5 Å². The summed E-state index contributed by atoms with van der Waals surface area (Å²) in [7, 11) is 6.62. The normalized spacial score (nSPS) is 8.56. The molecule has 0 unspecified atom stereocenters. The van der Waals surface area contributed by atoms with Gasteiger partial charge in [-0.2, -0.15) is 0 Å². The molecule has 0 aliphatic carbocycles. The summed E-state index contributed by atoms with van der Waals surface area (Å²) in [5, 5.41) is 16.5. The minimum atomic E-state index is 0.0417. The van der Waals surface area contributed by atoms with Gasteiger partial charge in [0.1, 0.15) is 0 Å². The number of nitrogens with zero attached hydrogens (tertiary/aromatic N) is 1. The minimum Gasteiger partial charge on any atom is -0.394 e. The summed E-state index contributed by atoms with van der Waals surface area (Å²) < 4.78 is 14.0. The Kier molecular flexibility index (Phi) is 31.4. The minimum absolute atomic E-state index is 0.0417. The van der Waals surface area contributed by atoms with Crippen molar-refractivity contribution in [2.24, 2.45) is 0 Å². The lowest BCUT2D eigenvalue weighted by Gasteiger charge is -2.01. The van der Waals surface area contributed by atoms with Crippen LogP contribution in [0.15, 0.2) is 0 Å². The molecule has 0 aromatic carbocycles. The van der Waals surface area contributed by atoms with Crippen LogP contribution in [0, 0.1) is 0 Å². The second kappa shape index (κ2) is 25.2. The van der Waals surface area contributed by atoms with Crippen LogP contribution >= 0.6 is 0 Å². The van der Waals surface area contributed by atoms with Crippen molar-refractivity contribution in [1.29, 1.82) is 0 Å². The number of hydrogen-bond acceptors (Lipinski definition) is 6. The van der Waals surface area contributed by atoms with Crippen LogP contribution in [0.5, 0.6) is 0 Å². The molecule has 0 rings (SSSR count). The monoisotopic (exact) mass is 269 g/mol. The average Bonchev–Trinajstić information content (AvgIpc) is 2.35. The maximum Gasteiger partial charge on any atom is 0.209 e. The third-order valence-corrected chi connectivity index (χ3v) is 1.05. The number of aliphatic hydroxyl groups excluding tert-OH is 2. The van der Waals surface area contributed by atoms with Crippen LogP contribution in [0.3, 0.4) is 0 Å². The van der Waals surface area contributed by atoms with Crippen molar-refractivity contribution in [2.75, 3.05) is 68.0 Å². The van der Waals surface area contributed by atoms with E-state index < -0.39 is 0 Å². The van der Waals surface area contributed by atoms with Crippen LogP contribution in [0.4, 0.5) is 0 Å². The fourth-order valence-electron chi connectivity index (χ4n) is 0.451. The van der Waals surface area contributed by atoms with Gasteiger partial charge >= 0.3 is 0 Å². The van der Waals surface area contributed by atoms with E-state index >= 15 is 0 Å². The van der Waals surface area contributed by atoms with Crippen LogP contribution in [-0.2, 0) is 19.0 Å². The molecule has 0 aliphatic heterocycles. The molecule has 2 N–H and O–H groups in total. The predicted octanol–water partition coefficient (Wildman–Crippen LogP) is -1.03. The van der Waals surface area contributed by atoms with Gasteiger partial charge in [0.25, 0.3) is 0 Å². The fraction of sp³-hybridized carbons (Fsp3) is 0.909. The van der Waals surface area contributed by atoms with E-state index in [1.807, 2.05) is 0 Å². The first-order valence-corrected chi connectivity index (χ1v) is 5.49. The molecule has 0 saturated heterocycles. The van der Waals surface area contributed by atoms with Gasteiger partial charge in [0.2, 0.25) is 6.41 Å². The van der Waals surface area contributed by atoms with E-state index in [-0.39, 0.29) is 13.2 Å². The number of carbonyl (C=O) groups excluding carboxylic acids is 1. The lowest BCUT2D eigenvalue weighted by molar-refractivity contribution is -0.115. The molecule has 7 heteroatoms. The molecule has 0 radical (unpaired) electrons. The maximum atomic E-state index is 9.43. The lowest BCUT2D eigenvalue weighted by atomic mass is 10.7. The second-order valence-corrected chi connectivity index (χ2v) is 3.15. The molecule has 0 aromatic rings. The van der Waals surface area contributed by atoms with Crippen molar-refractivity contribution in [2.45, 2.75) is 0 Å². The van der Waals surface area contributed by atoms with E-state index in [0.717, 1.165) is 6.41 Å². The van der Waals surface area contributed by atoms with Gasteiger partial charge < -0.3 is 29.3 Å². The molecule has 18 heavy (non-hydrogen) atoms. The van der Waals surface area contributed by atoms with Crippen LogP contribution in [0.25, 0.3) is 0 Å². The Balaban J connectivity index is -0.000000235. The molecule has 112 valence electrons. The Morgan fingerprint density at radius 3 is 1.39 bits per heavy atom. The number of ether oxygens (including phenoxy) is 3. The average molecular weight is 269 g/mol. The van der Waals surface area contributed by atoms with Gasteiger partial charge in [-0.25, -0.2) is 0 Å². The number of methoxy groups -OCH3 is 1. The van der Waals surface area contributed by atoms with Crippen molar-refractivity contribution in [3.8, 4) is 0 Å². The topological polar surface area (TPSA) is 88.5 Å². The third-order valence-electron chi connectivity index (χ3n) is 1.05. The van der Waals surface area contributed by atoms with Crippen molar-refractivity contribution in [3.63, 3.8) is 0 Å². The Hall–Kier alpha value is -0.730. The van der Waals surface area contributed by atoms with Crippen molar-refractivity contribution >= 4 is 6.41 Å². The summed E-state index contributed by atoms with van der Waals surface area (Å²) in [5.74, 6) is 0. The number of amides is 1. The highest BCUT2D eigenvalue weighted by molar-refractivity contribution is 5.45. The molecular formula is C11H27NO6. The quantitative estimate of drug-likeness (QED) is 0.433. The molecule has 1 amide bonds. The molecular weight excluding hydrogens is 242 g/mol. The maximum absolute atomic E-state index is 9.43. The fourth-order valence-corrected chi connectivity index (χ4v) is 0.451. The van der Waals surface area contributed by atoms with Crippen LogP contribution in [0.2, 0.25) is 0 Å². The Labute approximate surface area is 109 Å². The highest BCUT2D eigenvalue weighted by Gasteiger charge is 1.86. The molecule has 0 heterocycles. The molecule has 0 atom stereocenters. The zero-order chi connectivity index (χ0) is 14.6. The van der Waals surface area contributed by atoms with Gasteiger partial charge in [-0.1, -0.05) is 0 Å². The summed E-state index contributed by atoms with van der Waals surface area (Å²) in [6, 6.07) is 0. The first-order chi connectivity index (χ1) is 8.60.